The maximum atomic E-state index is 14.0. The van der Waals surface area contributed by atoms with Crippen LogP contribution in [0, 0.1) is 5.82 Å². The molecule has 1 aromatic heterocycles. The Morgan fingerprint density at radius 2 is 2.15 bits per heavy atom. The summed E-state index contributed by atoms with van der Waals surface area (Å²) in [7, 11) is 1.43. The van der Waals surface area contributed by atoms with Crippen molar-refractivity contribution in [3.63, 3.8) is 0 Å². The molecule has 3 nitrogen and oxygen atoms in total. The first-order valence-corrected chi connectivity index (χ1v) is 6.59. The molecule has 4 heteroatoms. The standard InChI is InChI=1S/C16H18FNO2/c1-20-15-6-2-5-13(16(15)17)10-14(19)8-7-12-4-3-9-18-11-12/h2-6,9,11,14,19H,7-8,10H2,1H3. The van der Waals surface area contributed by atoms with Crippen LogP contribution in [0.5, 0.6) is 5.75 Å². The Kier molecular flexibility index (Phi) is 5.07. The lowest BCUT2D eigenvalue weighted by Gasteiger charge is -2.12. The maximum absolute atomic E-state index is 14.0. The van der Waals surface area contributed by atoms with Gasteiger partial charge in [-0.1, -0.05) is 18.2 Å². The molecule has 1 aromatic carbocycles. The van der Waals surface area contributed by atoms with Crippen molar-refractivity contribution in [3.05, 3.63) is 59.7 Å². The number of aliphatic hydroxyl groups is 1. The van der Waals surface area contributed by atoms with Gasteiger partial charge in [0, 0.05) is 18.8 Å². The molecule has 1 heterocycles. The number of nitrogens with zero attached hydrogens (tertiary/aromatic N) is 1. The fourth-order valence-corrected chi connectivity index (χ4v) is 2.11. The Bertz CT molecular complexity index is 545. The number of rotatable bonds is 6. The highest BCUT2D eigenvalue weighted by Gasteiger charge is 2.13. The summed E-state index contributed by atoms with van der Waals surface area (Å²) in [4.78, 5) is 4.03. The summed E-state index contributed by atoms with van der Waals surface area (Å²) in [5.41, 5.74) is 1.54. The molecule has 106 valence electrons. The Labute approximate surface area is 118 Å². The van der Waals surface area contributed by atoms with Crippen LogP contribution in [-0.4, -0.2) is 23.3 Å². The van der Waals surface area contributed by atoms with E-state index in [0.29, 0.717) is 12.0 Å². The summed E-state index contributed by atoms with van der Waals surface area (Å²) < 4.78 is 18.9. The van der Waals surface area contributed by atoms with Gasteiger partial charge in [0.1, 0.15) is 0 Å². The van der Waals surface area contributed by atoms with Crippen LogP contribution in [0.2, 0.25) is 0 Å². The van der Waals surface area contributed by atoms with Gasteiger partial charge in [-0.05, 0) is 36.1 Å². The van der Waals surface area contributed by atoms with Gasteiger partial charge in [0.2, 0.25) is 0 Å². The maximum Gasteiger partial charge on any atom is 0.168 e. The van der Waals surface area contributed by atoms with E-state index >= 15 is 0 Å². The van der Waals surface area contributed by atoms with E-state index in [1.165, 1.54) is 7.11 Å². The molecule has 0 amide bonds. The summed E-state index contributed by atoms with van der Waals surface area (Å²) in [5.74, 6) is -0.183. The number of methoxy groups -OCH3 is 1. The number of halogens is 1. The van der Waals surface area contributed by atoms with Crippen molar-refractivity contribution in [1.82, 2.24) is 4.98 Å². The third-order valence-corrected chi connectivity index (χ3v) is 3.21. The Morgan fingerprint density at radius 3 is 2.85 bits per heavy atom. The summed E-state index contributed by atoms with van der Waals surface area (Å²) in [5, 5.41) is 10.0. The normalized spacial score (nSPS) is 12.2. The largest absolute Gasteiger partial charge is 0.494 e. The Balaban J connectivity index is 1.93. The average Bonchev–Trinajstić information content (AvgIpc) is 2.48. The Hall–Kier alpha value is -1.94. The van der Waals surface area contributed by atoms with E-state index in [0.717, 1.165) is 12.0 Å². The van der Waals surface area contributed by atoms with Gasteiger partial charge in [0.25, 0.3) is 0 Å². The molecule has 0 spiro atoms. The lowest BCUT2D eigenvalue weighted by molar-refractivity contribution is 0.163. The zero-order valence-corrected chi connectivity index (χ0v) is 11.4. The highest BCUT2D eigenvalue weighted by atomic mass is 19.1. The number of hydrogen-bond donors (Lipinski definition) is 1. The lowest BCUT2D eigenvalue weighted by atomic mass is 10.0. The van der Waals surface area contributed by atoms with Crippen molar-refractivity contribution in [2.45, 2.75) is 25.4 Å². The topological polar surface area (TPSA) is 42.4 Å². The van der Waals surface area contributed by atoms with Gasteiger partial charge in [-0.2, -0.15) is 0 Å². The first-order valence-electron chi connectivity index (χ1n) is 6.59. The summed E-state index contributed by atoms with van der Waals surface area (Å²) in [6.45, 7) is 0. The second-order valence-electron chi connectivity index (χ2n) is 4.69. The third kappa shape index (κ3) is 3.78. The molecule has 0 aliphatic carbocycles. The molecule has 0 bridgehead atoms. The van der Waals surface area contributed by atoms with Crippen molar-refractivity contribution in [2.24, 2.45) is 0 Å². The molecule has 2 aromatic rings. The number of aliphatic hydroxyl groups excluding tert-OH is 1. The van der Waals surface area contributed by atoms with Crippen molar-refractivity contribution < 1.29 is 14.2 Å². The van der Waals surface area contributed by atoms with Crippen LogP contribution in [-0.2, 0) is 12.8 Å². The minimum absolute atomic E-state index is 0.210. The molecular formula is C16H18FNO2. The van der Waals surface area contributed by atoms with Crippen LogP contribution in [0.3, 0.4) is 0 Å². The highest BCUT2D eigenvalue weighted by Crippen LogP contribution is 2.21. The van der Waals surface area contributed by atoms with Crippen molar-refractivity contribution in [1.29, 1.82) is 0 Å². The molecule has 0 saturated heterocycles. The predicted molar refractivity (Wildman–Crippen MR) is 75.2 cm³/mol. The number of hydrogen-bond acceptors (Lipinski definition) is 3. The van der Waals surface area contributed by atoms with Crippen LogP contribution in [0.4, 0.5) is 4.39 Å². The summed E-state index contributed by atoms with van der Waals surface area (Å²) in [6.07, 6.45) is 4.48. The minimum Gasteiger partial charge on any atom is -0.494 e. The number of aryl methyl sites for hydroxylation is 1. The van der Waals surface area contributed by atoms with Gasteiger partial charge in [0.05, 0.1) is 13.2 Å². The predicted octanol–water partition coefficient (Wildman–Crippen LogP) is 2.77. The van der Waals surface area contributed by atoms with Crippen molar-refractivity contribution >= 4 is 0 Å². The third-order valence-electron chi connectivity index (χ3n) is 3.21. The van der Waals surface area contributed by atoms with E-state index in [2.05, 4.69) is 4.98 Å². The number of benzene rings is 1. The second-order valence-corrected chi connectivity index (χ2v) is 4.69. The molecule has 0 radical (unpaired) electrons. The van der Waals surface area contributed by atoms with Gasteiger partial charge >= 0.3 is 0 Å². The molecule has 1 N–H and O–H groups in total. The molecule has 0 saturated carbocycles. The zero-order valence-electron chi connectivity index (χ0n) is 11.4. The molecule has 0 aliphatic heterocycles. The van der Waals surface area contributed by atoms with Crippen LogP contribution in [0.25, 0.3) is 0 Å². The number of ether oxygens (including phenoxy) is 1. The molecule has 1 atom stereocenters. The zero-order chi connectivity index (χ0) is 14.4. The monoisotopic (exact) mass is 275 g/mol. The van der Waals surface area contributed by atoms with E-state index in [9.17, 15) is 9.50 Å². The first kappa shape index (κ1) is 14.5. The summed E-state index contributed by atoms with van der Waals surface area (Å²) >= 11 is 0. The van der Waals surface area contributed by atoms with E-state index in [4.69, 9.17) is 4.74 Å². The average molecular weight is 275 g/mol. The fraction of sp³-hybridized carbons (Fsp3) is 0.312. The molecule has 20 heavy (non-hydrogen) atoms. The van der Waals surface area contributed by atoms with Crippen molar-refractivity contribution in [3.8, 4) is 5.75 Å². The highest BCUT2D eigenvalue weighted by molar-refractivity contribution is 5.31. The fourth-order valence-electron chi connectivity index (χ4n) is 2.11. The van der Waals surface area contributed by atoms with Crippen LogP contribution in [0.1, 0.15) is 17.5 Å². The van der Waals surface area contributed by atoms with E-state index in [-0.39, 0.29) is 12.2 Å². The second kappa shape index (κ2) is 7.01. The quantitative estimate of drug-likeness (QED) is 0.881. The molecule has 2 rings (SSSR count). The van der Waals surface area contributed by atoms with Crippen LogP contribution in [0.15, 0.2) is 42.7 Å². The van der Waals surface area contributed by atoms with Gasteiger partial charge in [-0.25, -0.2) is 4.39 Å². The molecule has 0 aliphatic rings. The van der Waals surface area contributed by atoms with E-state index in [1.54, 1.807) is 30.6 Å². The molecule has 1 unspecified atom stereocenters. The number of aromatic nitrogens is 1. The lowest BCUT2D eigenvalue weighted by Crippen LogP contribution is -2.13. The number of pyridine rings is 1. The smallest absolute Gasteiger partial charge is 0.168 e. The summed E-state index contributed by atoms with van der Waals surface area (Å²) in [6, 6.07) is 8.80. The van der Waals surface area contributed by atoms with Gasteiger partial charge in [0.15, 0.2) is 11.6 Å². The SMILES string of the molecule is COc1cccc(CC(O)CCc2cccnc2)c1F. The minimum atomic E-state index is -0.586. The first-order chi connectivity index (χ1) is 9.70. The van der Waals surface area contributed by atoms with Crippen molar-refractivity contribution in [2.75, 3.05) is 7.11 Å². The van der Waals surface area contributed by atoms with Gasteiger partial charge < -0.3 is 9.84 Å². The van der Waals surface area contributed by atoms with Crippen LogP contribution >= 0.6 is 0 Å². The van der Waals surface area contributed by atoms with Gasteiger partial charge in [-0.15, -0.1) is 0 Å². The van der Waals surface area contributed by atoms with E-state index < -0.39 is 11.9 Å². The van der Waals surface area contributed by atoms with Crippen LogP contribution < -0.4 is 4.74 Å². The molecular weight excluding hydrogens is 257 g/mol. The van der Waals surface area contributed by atoms with E-state index in [1.807, 2.05) is 12.1 Å². The van der Waals surface area contributed by atoms with Gasteiger partial charge in [-0.3, -0.25) is 4.98 Å². The molecule has 0 fully saturated rings. The Morgan fingerprint density at radius 1 is 1.30 bits per heavy atom.